The Bertz CT molecular complexity index is 884. The first-order valence-corrected chi connectivity index (χ1v) is 8.24. The van der Waals surface area contributed by atoms with Gasteiger partial charge in [-0.25, -0.2) is 4.68 Å². The topological polar surface area (TPSA) is 104 Å². The fourth-order valence-corrected chi connectivity index (χ4v) is 2.57. The molecule has 0 aliphatic rings. The first-order chi connectivity index (χ1) is 12.0. The molecule has 0 saturated heterocycles. The zero-order chi connectivity index (χ0) is 18.4. The molecule has 2 N–H and O–H groups in total. The number of amides is 2. The molecule has 0 radical (unpaired) electrons. The van der Waals surface area contributed by atoms with Crippen molar-refractivity contribution < 1.29 is 9.59 Å². The summed E-state index contributed by atoms with van der Waals surface area (Å²) in [6, 6.07) is 6.53. The first-order valence-electron chi connectivity index (χ1n) is 8.24. The van der Waals surface area contributed by atoms with Crippen molar-refractivity contribution in [3.8, 4) is 0 Å². The summed E-state index contributed by atoms with van der Waals surface area (Å²) in [7, 11) is 0. The molecule has 8 heteroatoms. The second-order valence-electron chi connectivity index (χ2n) is 5.55. The van der Waals surface area contributed by atoms with Crippen molar-refractivity contribution in [2.75, 3.05) is 19.6 Å². The number of H-pyrrole nitrogens is 1. The van der Waals surface area contributed by atoms with Crippen LogP contribution in [0.4, 0.5) is 0 Å². The number of hydrogen-bond donors (Lipinski definition) is 2. The molecule has 2 amide bonds. The molecule has 1 aromatic carbocycles. The van der Waals surface area contributed by atoms with Gasteiger partial charge >= 0.3 is 0 Å². The highest BCUT2D eigenvalue weighted by molar-refractivity contribution is 5.84. The third-order valence-electron chi connectivity index (χ3n) is 3.88. The summed E-state index contributed by atoms with van der Waals surface area (Å²) in [5, 5.41) is 5.76. The van der Waals surface area contributed by atoms with E-state index in [9.17, 15) is 19.2 Å². The summed E-state index contributed by atoms with van der Waals surface area (Å²) in [6.07, 6.45) is 0.0153. The minimum atomic E-state index is -0.377. The van der Waals surface area contributed by atoms with Crippen molar-refractivity contribution in [2.24, 2.45) is 0 Å². The lowest BCUT2D eigenvalue weighted by atomic mass is 10.2. The SMILES string of the molecule is CCNC(=O)CN(CC)C(=O)CCn1[nH]c(=O)c2ccccc2c1=O. The van der Waals surface area contributed by atoms with E-state index in [-0.39, 0.29) is 42.4 Å². The molecule has 0 unspecified atom stereocenters. The van der Waals surface area contributed by atoms with Crippen molar-refractivity contribution in [3.63, 3.8) is 0 Å². The van der Waals surface area contributed by atoms with Crippen molar-refractivity contribution in [1.29, 1.82) is 0 Å². The second-order valence-corrected chi connectivity index (χ2v) is 5.55. The number of fused-ring (bicyclic) bond motifs is 1. The lowest BCUT2D eigenvalue weighted by Gasteiger charge is -2.20. The van der Waals surface area contributed by atoms with E-state index in [0.29, 0.717) is 23.9 Å². The molecule has 0 saturated carbocycles. The Morgan fingerprint density at radius 2 is 1.84 bits per heavy atom. The number of aromatic amines is 1. The first kappa shape index (κ1) is 18.4. The van der Waals surface area contributed by atoms with Crippen LogP contribution in [0.25, 0.3) is 10.8 Å². The summed E-state index contributed by atoms with van der Waals surface area (Å²) in [5.41, 5.74) is -0.730. The minimum absolute atomic E-state index is 0.0153. The largest absolute Gasteiger partial charge is 0.355 e. The number of rotatable bonds is 7. The lowest BCUT2D eigenvalue weighted by Crippen LogP contribution is -2.41. The second kappa shape index (κ2) is 8.27. The van der Waals surface area contributed by atoms with E-state index >= 15 is 0 Å². The molecule has 0 aliphatic carbocycles. The molecule has 0 fully saturated rings. The lowest BCUT2D eigenvalue weighted by molar-refractivity contribution is -0.136. The van der Waals surface area contributed by atoms with Gasteiger partial charge in [-0.05, 0) is 26.0 Å². The van der Waals surface area contributed by atoms with Crippen molar-refractivity contribution >= 4 is 22.6 Å². The Kier molecular flexibility index (Phi) is 6.10. The van der Waals surface area contributed by atoms with Gasteiger partial charge in [0.15, 0.2) is 0 Å². The Morgan fingerprint density at radius 3 is 2.48 bits per heavy atom. The van der Waals surface area contributed by atoms with Crippen molar-refractivity contribution in [3.05, 3.63) is 45.0 Å². The third kappa shape index (κ3) is 4.34. The van der Waals surface area contributed by atoms with Gasteiger partial charge in [0, 0.05) is 19.5 Å². The van der Waals surface area contributed by atoms with Crippen LogP contribution in [-0.4, -0.2) is 46.1 Å². The average Bonchev–Trinajstić information content (AvgIpc) is 2.61. The van der Waals surface area contributed by atoms with E-state index < -0.39 is 0 Å². The standard InChI is InChI=1S/C17H22N4O4/c1-3-18-14(22)11-20(4-2)15(23)9-10-21-17(25)13-8-6-5-7-12(13)16(24)19-21/h5-8H,3-4,9-11H2,1-2H3,(H,18,22)(H,19,24). The van der Waals surface area contributed by atoms with Crippen molar-refractivity contribution in [1.82, 2.24) is 20.0 Å². The van der Waals surface area contributed by atoms with Crippen LogP contribution in [0.1, 0.15) is 20.3 Å². The maximum absolute atomic E-state index is 12.4. The van der Waals surface area contributed by atoms with Gasteiger partial charge in [-0.2, -0.15) is 0 Å². The molecule has 0 spiro atoms. The molecule has 1 heterocycles. The van der Waals surface area contributed by atoms with Gasteiger partial charge < -0.3 is 10.2 Å². The van der Waals surface area contributed by atoms with Gasteiger partial charge in [-0.3, -0.25) is 24.3 Å². The quantitative estimate of drug-likeness (QED) is 0.740. The number of carbonyl (C=O) groups is 2. The zero-order valence-corrected chi connectivity index (χ0v) is 14.4. The molecule has 2 rings (SSSR count). The van der Waals surface area contributed by atoms with Crippen LogP contribution in [-0.2, 0) is 16.1 Å². The van der Waals surface area contributed by atoms with Crippen LogP contribution in [0.15, 0.2) is 33.9 Å². The minimum Gasteiger partial charge on any atom is -0.355 e. The van der Waals surface area contributed by atoms with E-state index in [1.165, 1.54) is 4.90 Å². The summed E-state index contributed by atoms with van der Waals surface area (Å²) in [5.74, 6) is -0.483. The zero-order valence-electron chi connectivity index (χ0n) is 14.4. The van der Waals surface area contributed by atoms with Gasteiger partial charge in [0.1, 0.15) is 0 Å². The van der Waals surface area contributed by atoms with E-state index in [1.54, 1.807) is 38.1 Å². The van der Waals surface area contributed by atoms with Crippen LogP contribution >= 0.6 is 0 Å². The van der Waals surface area contributed by atoms with Crippen LogP contribution in [0.2, 0.25) is 0 Å². The molecule has 2 aromatic rings. The maximum atomic E-state index is 12.4. The highest BCUT2D eigenvalue weighted by atomic mass is 16.2. The van der Waals surface area contributed by atoms with Gasteiger partial charge in [0.05, 0.1) is 23.9 Å². The van der Waals surface area contributed by atoms with E-state index in [2.05, 4.69) is 10.4 Å². The molecule has 25 heavy (non-hydrogen) atoms. The smallest absolute Gasteiger partial charge is 0.273 e. The van der Waals surface area contributed by atoms with Crippen LogP contribution in [0, 0.1) is 0 Å². The number of likely N-dealkylation sites (N-methyl/N-ethyl adjacent to an activating group) is 2. The summed E-state index contributed by atoms with van der Waals surface area (Å²) in [4.78, 5) is 49.8. The maximum Gasteiger partial charge on any atom is 0.273 e. The number of aryl methyl sites for hydroxylation is 1. The van der Waals surface area contributed by atoms with Crippen LogP contribution in [0.3, 0.4) is 0 Å². The number of nitrogens with one attached hydrogen (secondary N) is 2. The highest BCUT2D eigenvalue weighted by Crippen LogP contribution is 2.03. The number of hydrogen-bond acceptors (Lipinski definition) is 4. The molecular formula is C17H22N4O4. The Hall–Kier alpha value is -2.90. The molecule has 134 valence electrons. The van der Waals surface area contributed by atoms with Gasteiger partial charge in [-0.15, -0.1) is 0 Å². The Morgan fingerprint density at radius 1 is 1.16 bits per heavy atom. The number of aromatic nitrogens is 2. The van der Waals surface area contributed by atoms with Gasteiger partial charge in [0.2, 0.25) is 11.8 Å². The normalized spacial score (nSPS) is 10.6. The summed E-state index contributed by atoms with van der Waals surface area (Å²) >= 11 is 0. The predicted molar refractivity (Wildman–Crippen MR) is 94.4 cm³/mol. The highest BCUT2D eigenvalue weighted by Gasteiger charge is 2.16. The number of carbonyl (C=O) groups excluding carboxylic acids is 2. The van der Waals surface area contributed by atoms with E-state index in [1.807, 2.05) is 0 Å². The molecule has 1 aromatic heterocycles. The average molecular weight is 346 g/mol. The molecule has 0 bridgehead atoms. The molecule has 0 aliphatic heterocycles. The number of nitrogens with zero attached hydrogens (tertiary/aromatic N) is 2. The fourth-order valence-electron chi connectivity index (χ4n) is 2.57. The fraction of sp³-hybridized carbons (Fsp3) is 0.412. The number of benzene rings is 1. The van der Waals surface area contributed by atoms with Gasteiger partial charge in [-0.1, -0.05) is 12.1 Å². The Labute approximate surface area is 144 Å². The molecule has 8 nitrogen and oxygen atoms in total. The van der Waals surface area contributed by atoms with E-state index in [4.69, 9.17) is 0 Å². The predicted octanol–water partition coefficient (Wildman–Crippen LogP) is 0.0645. The van der Waals surface area contributed by atoms with Gasteiger partial charge in [0.25, 0.3) is 11.1 Å². The monoisotopic (exact) mass is 346 g/mol. The summed E-state index contributed by atoms with van der Waals surface area (Å²) in [6.45, 7) is 4.49. The molecule has 0 atom stereocenters. The third-order valence-corrected chi connectivity index (χ3v) is 3.88. The van der Waals surface area contributed by atoms with Crippen LogP contribution in [0.5, 0.6) is 0 Å². The summed E-state index contributed by atoms with van der Waals surface area (Å²) < 4.78 is 1.14. The molecular weight excluding hydrogens is 324 g/mol. The van der Waals surface area contributed by atoms with Crippen molar-refractivity contribution in [2.45, 2.75) is 26.8 Å². The Balaban J connectivity index is 2.12. The van der Waals surface area contributed by atoms with E-state index in [0.717, 1.165) is 4.68 Å². The van der Waals surface area contributed by atoms with Crippen LogP contribution < -0.4 is 16.4 Å².